The Bertz CT molecular complexity index is 1230. The molecule has 1 amide bonds. The van der Waals surface area contributed by atoms with Crippen molar-refractivity contribution >= 4 is 33.0 Å². The van der Waals surface area contributed by atoms with Crippen molar-refractivity contribution in [3.8, 4) is 0 Å². The quantitative estimate of drug-likeness (QED) is 0.435. The molecule has 1 N–H and O–H groups in total. The van der Waals surface area contributed by atoms with Crippen molar-refractivity contribution < 1.29 is 30.8 Å². The first-order valence-corrected chi connectivity index (χ1v) is 10.5. The van der Waals surface area contributed by atoms with Crippen molar-refractivity contribution in [1.82, 2.24) is 9.97 Å². The number of alkyl halides is 3. The van der Waals surface area contributed by atoms with Crippen LogP contribution in [0.4, 0.5) is 23.2 Å². The summed E-state index contributed by atoms with van der Waals surface area (Å²) in [5, 5.41) is 0.926. The van der Waals surface area contributed by atoms with E-state index in [1.165, 1.54) is 18.2 Å². The molecule has 1 aromatic heterocycles. The molecule has 0 bridgehead atoms. The summed E-state index contributed by atoms with van der Waals surface area (Å²) in [4.78, 5) is 19.8. The molecule has 3 aromatic rings. The molecule has 12 heteroatoms. The average molecular weight is 474 g/mol. The number of halogens is 5. The van der Waals surface area contributed by atoms with Gasteiger partial charge in [0.2, 0.25) is 15.0 Å². The first kappa shape index (κ1) is 22.6. The lowest BCUT2D eigenvalue weighted by atomic mass is 10.1. The minimum atomic E-state index is -4.73. The molecule has 0 fully saturated rings. The van der Waals surface area contributed by atoms with Crippen LogP contribution < -0.4 is 5.32 Å². The first-order valence-electron chi connectivity index (χ1n) is 8.45. The van der Waals surface area contributed by atoms with Crippen molar-refractivity contribution in [3.05, 3.63) is 82.4 Å². The molecule has 0 saturated carbocycles. The van der Waals surface area contributed by atoms with Gasteiger partial charge in [-0.15, -0.1) is 0 Å². The third-order valence-electron chi connectivity index (χ3n) is 3.97. The van der Waals surface area contributed by atoms with Gasteiger partial charge in [0.05, 0.1) is 28.2 Å². The number of benzene rings is 2. The van der Waals surface area contributed by atoms with Crippen LogP contribution in [0, 0.1) is 5.82 Å². The van der Waals surface area contributed by atoms with Gasteiger partial charge in [-0.3, -0.25) is 4.79 Å². The fourth-order valence-electron chi connectivity index (χ4n) is 2.55. The molecule has 0 aliphatic heterocycles. The van der Waals surface area contributed by atoms with E-state index in [0.29, 0.717) is 0 Å². The van der Waals surface area contributed by atoms with Crippen molar-refractivity contribution in [2.75, 3.05) is 5.32 Å². The lowest BCUT2D eigenvalue weighted by Crippen LogP contribution is -2.20. The SMILES string of the molecule is O=C(Nc1ccccc1C(F)(F)F)c1nc(S(=O)(=O)Cc2ccc(F)cc2)ncc1Cl. The monoisotopic (exact) mass is 473 g/mol. The van der Waals surface area contributed by atoms with E-state index < -0.39 is 55.6 Å². The van der Waals surface area contributed by atoms with Crippen molar-refractivity contribution in [2.24, 2.45) is 0 Å². The highest BCUT2D eigenvalue weighted by Gasteiger charge is 2.34. The number of hydrogen-bond acceptors (Lipinski definition) is 5. The van der Waals surface area contributed by atoms with E-state index in [-0.39, 0.29) is 10.6 Å². The average Bonchev–Trinajstić information content (AvgIpc) is 2.69. The number of rotatable bonds is 5. The van der Waals surface area contributed by atoms with Crippen LogP contribution in [0.25, 0.3) is 0 Å². The zero-order chi connectivity index (χ0) is 22.8. The summed E-state index contributed by atoms with van der Waals surface area (Å²) >= 11 is 5.87. The Kier molecular flexibility index (Phi) is 6.27. The van der Waals surface area contributed by atoms with Gasteiger partial charge in [0.25, 0.3) is 5.91 Å². The maximum Gasteiger partial charge on any atom is 0.418 e. The second-order valence-corrected chi connectivity index (χ2v) is 8.52. The van der Waals surface area contributed by atoms with Crippen molar-refractivity contribution in [1.29, 1.82) is 0 Å². The Hall–Kier alpha value is -3.05. The third kappa shape index (κ3) is 5.36. The Morgan fingerprint density at radius 1 is 1.06 bits per heavy atom. The van der Waals surface area contributed by atoms with Gasteiger partial charge in [0, 0.05) is 0 Å². The van der Waals surface area contributed by atoms with Gasteiger partial charge < -0.3 is 5.32 Å². The van der Waals surface area contributed by atoms with Gasteiger partial charge in [-0.2, -0.15) is 13.2 Å². The number of amides is 1. The van der Waals surface area contributed by atoms with Crippen LogP contribution >= 0.6 is 11.6 Å². The van der Waals surface area contributed by atoms with Crippen LogP contribution in [-0.4, -0.2) is 24.3 Å². The van der Waals surface area contributed by atoms with Gasteiger partial charge in [0.15, 0.2) is 5.69 Å². The molecule has 2 aromatic carbocycles. The highest BCUT2D eigenvalue weighted by Crippen LogP contribution is 2.34. The Labute approximate surface area is 178 Å². The van der Waals surface area contributed by atoms with Gasteiger partial charge in [-0.05, 0) is 29.8 Å². The minimum Gasteiger partial charge on any atom is -0.320 e. The minimum absolute atomic E-state index is 0.241. The van der Waals surface area contributed by atoms with Gasteiger partial charge in [-0.25, -0.2) is 22.8 Å². The number of aromatic nitrogens is 2. The Morgan fingerprint density at radius 3 is 2.35 bits per heavy atom. The standard InChI is InChI=1S/C19H12ClF4N3O3S/c20-14-9-25-18(31(29,30)10-11-5-7-12(21)8-6-11)27-16(14)17(28)26-15-4-2-1-3-13(15)19(22,23)24/h1-9H,10H2,(H,26,28). The second kappa shape index (κ2) is 8.60. The normalized spacial score (nSPS) is 11.9. The lowest BCUT2D eigenvalue weighted by Gasteiger charge is -2.13. The fraction of sp³-hybridized carbons (Fsp3) is 0.105. The van der Waals surface area contributed by atoms with E-state index in [9.17, 15) is 30.8 Å². The number of carbonyl (C=O) groups is 1. The number of carbonyl (C=O) groups excluding carboxylic acids is 1. The van der Waals surface area contributed by atoms with Gasteiger partial charge in [0.1, 0.15) is 5.82 Å². The van der Waals surface area contributed by atoms with Crippen LogP contribution in [-0.2, 0) is 21.8 Å². The smallest absolute Gasteiger partial charge is 0.320 e. The van der Waals surface area contributed by atoms with Crippen LogP contribution in [0.2, 0.25) is 5.02 Å². The molecule has 0 spiro atoms. The Morgan fingerprint density at radius 2 is 1.71 bits per heavy atom. The molecule has 0 unspecified atom stereocenters. The highest BCUT2D eigenvalue weighted by atomic mass is 35.5. The summed E-state index contributed by atoms with van der Waals surface area (Å²) in [6.07, 6.45) is -3.88. The molecule has 162 valence electrons. The van der Waals surface area contributed by atoms with E-state index in [0.717, 1.165) is 36.5 Å². The predicted octanol–water partition coefficient (Wildman–Crippen LogP) is 4.51. The number of nitrogens with one attached hydrogen (secondary N) is 1. The largest absolute Gasteiger partial charge is 0.418 e. The van der Waals surface area contributed by atoms with E-state index in [1.54, 1.807) is 0 Å². The maximum absolute atomic E-state index is 13.1. The summed E-state index contributed by atoms with van der Waals surface area (Å²) in [6.45, 7) is 0. The van der Waals surface area contributed by atoms with Gasteiger partial charge in [-0.1, -0.05) is 35.9 Å². The molecule has 0 atom stereocenters. The summed E-state index contributed by atoms with van der Waals surface area (Å²) in [5.41, 5.74) is -2.03. The predicted molar refractivity (Wildman–Crippen MR) is 104 cm³/mol. The van der Waals surface area contributed by atoms with Crippen molar-refractivity contribution in [2.45, 2.75) is 17.1 Å². The fourth-order valence-corrected chi connectivity index (χ4v) is 3.93. The highest BCUT2D eigenvalue weighted by molar-refractivity contribution is 7.90. The third-order valence-corrected chi connectivity index (χ3v) is 5.71. The topological polar surface area (TPSA) is 89.0 Å². The molecule has 1 heterocycles. The molecule has 0 radical (unpaired) electrons. The van der Waals surface area contributed by atoms with Crippen LogP contribution in [0.3, 0.4) is 0 Å². The first-order chi connectivity index (χ1) is 14.5. The number of sulfone groups is 1. The van der Waals surface area contributed by atoms with Crippen molar-refractivity contribution in [3.63, 3.8) is 0 Å². The summed E-state index contributed by atoms with van der Waals surface area (Å²) in [5.74, 6) is -2.29. The molecule has 31 heavy (non-hydrogen) atoms. The van der Waals surface area contributed by atoms with Crippen LogP contribution in [0.5, 0.6) is 0 Å². The van der Waals surface area contributed by atoms with Crippen LogP contribution in [0.1, 0.15) is 21.6 Å². The summed E-state index contributed by atoms with van der Waals surface area (Å²) in [7, 11) is -4.17. The molecule has 6 nitrogen and oxygen atoms in total. The second-order valence-electron chi connectivity index (χ2n) is 6.23. The molecule has 0 aliphatic carbocycles. The van der Waals surface area contributed by atoms with E-state index in [2.05, 4.69) is 9.97 Å². The van der Waals surface area contributed by atoms with Gasteiger partial charge >= 0.3 is 6.18 Å². The zero-order valence-corrected chi connectivity index (χ0v) is 16.9. The Balaban J connectivity index is 1.91. The molecular formula is C19H12ClF4N3O3S. The number of anilines is 1. The van der Waals surface area contributed by atoms with Crippen LogP contribution in [0.15, 0.2) is 59.9 Å². The number of para-hydroxylation sites is 1. The van der Waals surface area contributed by atoms with E-state index in [1.807, 2.05) is 5.32 Å². The number of hydrogen-bond donors (Lipinski definition) is 1. The van der Waals surface area contributed by atoms with E-state index >= 15 is 0 Å². The molecule has 0 saturated heterocycles. The zero-order valence-electron chi connectivity index (χ0n) is 15.3. The maximum atomic E-state index is 13.1. The number of nitrogens with zero attached hydrogens (tertiary/aromatic N) is 2. The molecular weight excluding hydrogens is 462 g/mol. The molecule has 3 rings (SSSR count). The molecule has 0 aliphatic rings. The lowest BCUT2D eigenvalue weighted by molar-refractivity contribution is -0.136. The summed E-state index contributed by atoms with van der Waals surface area (Å²) < 4.78 is 77.5. The summed E-state index contributed by atoms with van der Waals surface area (Å²) in [6, 6.07) is 8.89. The van der Waals surface area contributed by atoms with E-state index in [4.69, 9.17) is 11.6 Å².